The van der Waals surface area contributed by atoms with Gasteiger partial charge in [-0.2, -0.15) is 11.8 Å². The van der Waals surface area contributed by atoms with Crippen LogP contribution in [0.15, 0.2) is 24.3 Å². The lowest BCUT2D eigenvalue weighted by Crippen LogP contribution is -2.32. The second-order valence-corrected chi connectivity index (χ2v) is 5.51. The van der Waals surface area contributed by atoms with Gasteiger partial charge in [0.2, 0.25) is 0 Å². The van der Waals surface area contributed by atoms with Gasteiger partial charge in [-0.25, -0.2) is 4.98 Å². The number of ether oxygens (including phenoxy) is 1. The number of nitrogens with zero attached hydrogens (tertiary/aromatic N) is 1. The van der Waals surface area contributed by atoms with Gasteiger partial charge in [0, 0.05) is 0 Å². The van der Waals surface area contributed by atoms with Crippen LogP contribution in [0.25, 0.3) is 11.0 Å². The first kappa shape index (κ1) is 14.9. The highest BCUT2D eigenvalue weighted by Crippen LogP contribution is 2.16. The number of nitrogens with two attached hydrogens (primary N) is 1. The fourth-order valence-corrected chi connectivity index (χ4v) is 2.72. The molecule has 0 saturated carbocycles. The number of para-hydroxylation sites is 2. The normalized spacial score (nSPS) is 12.5. The van der Waals surface area contributed by atoms with Crippen LogP contribution in [-0.2, 0) is 15.3 Å². The molecule has 2 aromatic rings. The van der Waals surface area contributed by atoms with Gasteiger partial charge in [-0.1, -0.05) is 12.1 Å². The number of benzene rings is 1. The van der Waals surface area contributed by atoms with Crippen LogP contribution in [0.1, 0.15) is 19.2 Å². The Balaban J connectivity index is 1.74. The zero-order valence-corrected chi connectivity index (χ0v) is 12.3. The molecule has 1 atom stereocenters. The van der Waals surface area contributed by atoms with Crippen LogP contribution >= 0.6 is 11.8 Å². The van der Waals surface area contributed by atoms with Crippen LogP contribution in [0, 0.1) is 0 Å². The maximum atomic E-state index is 11.3. The molecule has 6 heteroatoms. The van der Waals surface area contributed by atoms with Crippen molar-refractivity contribution in [3.05, 3.63) is 30.1 Å². The van der Waals surface area contributed by atoms with Crippen molar-refractivity contribution in [3.63, 3.8) is 0 Å². The zero-order valence-electron chi connectivity index (χ0n) is 11.5. The Bertz CT molecular complexity index is 537. The van der Waals surface area contributed by atoms with Gasteiger partial charge >= 0.3 is 5.97 Å². The average Bonchev–Trinajstić information content (AvgIpc) is 2.86. The molecule has 0 amide bonds. The van der Waals surface area contributed by atoms with E-state index in [0.717, 1.165) is 28.4 Å². The predicted molar refractivity (Wildman–Crippen MR) is 81.5 cm³/mol. The van der Waals surface area contributed by atoms with Gasteiger partial charge in [0.25, 0.3) is 0 Å². The lowest BCUT2D eigenvalue weighted by molar-refractivity contribution is -0.144. The summed E-state index contributed by atoms with van der Waals surface area (Å²) in [5.74, 6) is 2.21. The summed E-state index contributed by atoms with van der Waals surface area (Å²) in [6, 6.07) is 7.41. The van der Waals surface area contributed by atoms with Crippen LogP contribution in [0.2, 0.25) is 0 Å². The molecule has 1 heterocycles. The number of aromatic nitrogens is 2. The van der Waals surface area contributed by atoms with Gasteiger partial charge in [0.1, 0.15) is 11.9 Å². The van der Waals surface area contributed by atoms with Crippen molar-refractivity contribution < 1.29 is 9.53 Å². The van der Waals surface area contributed by atoms with E-state index in [1.807, 2.05) is 24.3 Å². The van der Waals surface area contributed by atoms with E-state index in [-0.39, 0.29) is 5.97 Å². The number of hydrogen-bond acceptors (Lipinski definition) is 5. The molecule has 0 aliphatic heterocycles. The summed E-state index contributed by atoms with van der Waals surface area (Å²) in [6.45, 7) is 2.15. The summed E-state index contributed by atoms with van der Waals surface area (Å²) in [7, 11) is 0. The lowest BCUT2D eigenvalue weighted by Gasteiger charge is -2.09. The molecule has 0 aliphatic carbocycles. The topological polar surface area (TPSA) is 81.0 Å². The number of hydrogen-bond donors (Lipinski definition) is 2. The summed E-state index contributed by atoms with van der Waals surface area (Å²) in [6.07, 6.45) is 0.615. The molecule has 1 aromatic carbocycles. The molecule has 20 heavy (non-hydrogen) atoms. The number of esters is 1. The Hall–Kier alpha value is -1.53. The minimum Gasteiger partial charge on any atom is -0.465 e. The second-order valence-electron chi connectivity index (χ2n) is 4.40. The summed E-state index contributed by atoms with van der Waals surface area (Å²) in [4.78, 5) is 19.1. The van der Waals surface area contributed by atoms with Crippen molar-refractivity contribution in [1.82, 2.24) is 9.97 Å². The van der Waals surface area contributed by atoms with Crippen LogP contribution in [-0.4, -0.2) is 34.3 Å². The summed E-state index contributed by atoms with van der Waals surface area (Å²) < 4.78 is 4.87. The predicted octanol–water partition coefficient (Wildman–Crippen LogP) is 2.08. The SMILES string of the molecule is CCOC(=O)C(N)CCSCc1nc2ccccc2[nH]1. The summed E-state index contributed by atoms with van der Waals surface area (Å²) in [5, 5.41) is 0. The Morgan fingerprint density at radius 2 is 2.30 bits per heavy atom. The largest absolute Gasteiger partial charge is 0.465 e. The maximum Gasteiger partial charge on any atom is 0.322 e. The third-order valence-corrected chi connectivity index (χ3v) is 3.84. The Labute approximate surface area is 122 Å². The molecule has 0 fully saturated rings. The number of aromatic amines is 1. The molecule has 0 spiro atoms. The van der Waals surface area contributed by atoms with E-state index in [9.17, 15) is 4.79 Å². The molecule has 0 aliphatic rings. The number of imidazole rings is 1. The summed E-state index contributed by atoms with van der Waals surface area (Å²) >= 11 is 1.70. The third kappa shape index (κ3) is 3.98. The number of fused-ring (bicyclic) bond motifs is 1. The zero-order chi connectivity index (χ0) is 14.4. The van der Waals surface area contributed by atoms with Crippen molar-refractivity contribution in [2.24, 2.45) is 5.73 Å². The minimum atomic E-state index is -0.530. The minimum absolute atomic E-state index is 0.322. The molecule has 0 saturated heterocycles. The molecule has 108 valence electrons. The third-order valence-electron chi connectivity index (χ3n) is 2.84. The van der Waals surface area contributed by atoms with Gasteiger partial charge in [0.05, 0.1) is 23.4 Å². The average molecular weight is 293 g/mol. The first-order valence-corrected chi connectivity index (χ1v) is 7.79. The Morgan fingerprint density at radius 1 is 1.50 bits per heavy atom. The molecule has 0 radical (unpaired) electrons. The Morgan fingerprint density at radius 3 is 3.05 bits per heavy atom. The lowest BCUT2D eigenvalue weighted by atomic mass is 10.2. The van der Waals surface area contributed by atoms with E-state index in [4.69, 9.17) is 10.5 Å². The molecule has 3 N–H and O–H groups in total. The number of nitrogens with one attached hydrogen (secondary N) is 1. The van der Waals surface area contributed by atoms with E-state index < -0.39 is 6.04 Å². The highest BCUT2D eigenvalue weighted by molar-refractivity contribution is 7.98. The quantitative estimate of drug-likeness (QED) is 0.603. The van der Waals surface area contributed by atoms with E-state index in [2.05, 4.69) is 9.97 Å². The van der Waals surface area contributed by atoms with E-state index >= 15 is 0 Å². The van der Waals surface area contributed by atoms with Gasteiger partial charge < -0.3 is 15.5 Å². The second kappa shape index (κ2) is 7.31. The Kier molecular flexibility index (Phi) is 5.43. The first-order valence-electron chi connectivity index (χ1n) is 6.64. The van der Waals surface area contributed by atoms with Gasteiger partial charge in [-0.05, 0) is 31.2 Å². The van der Waals surface area contributed by atoms with Crippen LogP contribution in [0.5, 0.6) is 0 Å². The monoisotopic (exact) mass is 293 g/mol. The molecular formula is C14H19N3O2S. The van der Waals surface area contributed by atoms with Crippen molar-refractivity contribution in [1.29, 1.82) is 0 Å². The number of thioether (sulfide) groups is 1. The van der Waals surface area contributed by atoms with E-state index in [1.165, 1.54) is 0 Å². The van der Waals surface area contributed by atoms with Crippen molar-refractivity contribution in [3.8, 4) is 0 Å². The van der Waals surface area contributed by atoms with Crippen LogP contribution < -0.4 is 5.73 Å². The van der Waals surface area contributed by atoms with E-state index in [1.54, 1.807) is 18.7 Å². The molecule has 5 nitrogen and oxygen atoms in total. The fraction of sp³-hybridized carbons (Fsp3) is 0.429. The first-order chi connectivity index (χ1) is 9.70. The number of H-pyrrole nitrogens is 1. The van der Waals surface area contributed by atoms with Crippen molar-refractivity contribution in [2.45, 2.75) is 25.1 Å². The number of carbonyl (C=O) groups is 1. The molecule has 2 rings (SSSR count). The molecule has 1 aromatic heterocycles. The van der Waals surface area contributed by atoms with Gasteiger partial charge in [-0.15, -0.1) is 0 Å². The summed E-state index contributed by atoms with van der Waals surface area (Å²) in [5.41, 5.74) is 7.76. The molecule has 1 unspecified atom stereocenters. The number of rotatable bonds is 7. The van der Waals surface area contributed by atoms with Crippen molar-refractivity contribution in [2.75, 3.05) is 12.4 Å². The van der Waals surface area contributed by atoms with Crippen LogP contribution in [0.4, 0.5) is 0 Å². The van der Waals surface area contributed by atoms with Crippen molar-refractivity contribution >= 4 is 28.8 Å². The smallest absolute Gasteiger partial charge is 0.322 e. The van der Waals surface area contributed by atoms with E-state index in [0.29, 0.717) is 13.0 Å². The molecular weight excluding hydrogens is 274 g/mol. The fourth-order valence-electron chi connectivity index (χ4n) is 1.82. The highest BCUT2D eigenvalue weighted by Gasteiger charge is 2.13. The molecule has 0 bridgehead atoms. The highest BCUT2D eigenvalue weighted by atomic mass is 32.2. The number of carbonyl (C=O) groups excluding carboxylic acids is 1. The van der Waals surface area contributed by atoms with Gasteiger partial charge in [-0.3, -0.25) is 4.79 Å². The standard InChI is InChI=1S/C14H19N3O2S/c1-2-19-14(18)10(15)7-8-20-9-13-16-11-5-3-4-6-12(11)17-13/h3-6,10H,2,7-9,15H2,1H3,(H,16,17). The maximum absolute atomic E-state index is 11.3. The van der Waals surface area contributed by atoms with Gasteiger partial charge in [0.15, 0.2) is 0 Å². The van der Waals surface area contributed by atoms with Crippen LogP contribution in [0.3, 0.4) is 0 Å².